The van der Waals surface area contributed by atoms with Crippen LogP contribution < -0.4 is 11.1 Å². The number of aliphatic hydroxyl groups excluding tert-OH is 1. The molecule has 5 nitrogen and oxygen atoms in total. The van der Waals surface area contributed by atoms with E-state index in [4.69, 9.17) is 5.73 Å². The number of aromatic nitrogens is 2. The van der Waals surface area contributed by atoms with Crippen LogP contribution in [0.2, 0.25) is 0 Å². The zero-order valence-corrected chi connectivity index (χ0v) is 11.9. The third-order valence-corrected chi connectivity index (χ3v) is 2.97. The summed E-state index contributed by atoms with van der Waals surface area (Å²) in [5, 5.41) is 12.9. The van der Waals surface area contributed by atoms with Gasteiger partial charge < -0.3 is 16.2 Å². The molecule has 4 N–H and O–H groups in total. The molecule has 1 aromatic rings. The molecule has 0 aliphatic carbocycles. The average molecular weight is 252 g/mol. The van der Waals surface area contributed by atoms with Crippen molar-refractivity contribution in [2.45, 2.75) is 46.6 Å². The van der Waals surface area contributed by atoms with E-state index in [0.717, 1.165) is 11.4 Å². The summed E-state index contributed by atoms with van der Waals surface area (Å²) in [5.41, 5.74) is 6.70. The first-order valence-electron chi connectivity index (χ1n) is 6.38. The van der Waals surface area contributed by atoms with E-state index in [0.29, 0.717) is 18.2 Å². The molecule has 0 saturated heterocycles. The van der Waals surface area contributed by atoms with E-state index < -0.39 is 6.10 Å². The maximum absolute atomic E-state index is 9.79. The highest BCUT2D eigenvalue weighted by molar-refractivity contribution is 5.55. The van der Waals surface area contributed by atoms with Gasteiger partial charge in [0.25, 0.3) is 0 Å². The van der Waals surface area contributed by atoms with Gasteiger partial charge in [-0.3, -0.25) is 0 Å². The summed E-state index contributed by atoms with van der Waals surface area (Å²) in [7, 11) is 0. The lowest BCUT2D eigenvalue weighted by atomic mass is 10.1. The standard InChI is InChI=1S/C13H24N4O/c1-7(2)10(18)6-15-13-9(5)11(14)16-12(17-13)8(3)4/h7-8,10,18H,6H2,1-5H3,(H3,14,15,16,17). The predicted octanol–water partition coefficient (Wildman–Crippen LogP) is 1.92. The first kappa shape index (κ1) is 14.7. The summed E-state index contributed by atoms with van der Waals surface area (Å²) in [6.07, 6.45) is -0.400. The molecule has 0 radical (unpaired) electrons. The van der Waals surface area contributed by atoms with Gasteiger partial charge in [-0.15, -0.1) is 0 Å². The first-order valence-corrected chi connectivity index (χ1v) is 6.38. The van der Waals surface area contributed by atoms with Crippen molar-refractivity contribution in [1.82, 2.24) is 9.97 Å². The van der Waals surface area contributed by atoms with Crippen molar-refractivity contribution in [3.63, 3.8) is 0 Å². The third-order valence-electron chi connectivity index (χ3n) is 2.97. The number of nitrogens with zero attached hydrogens (tertiary/aromatic N) is 2. The molecule has 0 fully saturated rings. The monoisotopic (exact) mass is 252 g/mol. The minimum atomic E-state index is -0.400. The van der Waals surface area contributed by atoms with Crippen molar-refractivity contribution in [3.05, 3.63) is 11.4 Å². The second kappa shape index (κ2) is 6.00. The molecule has 102 valence electrons. The van der Waals surface area contributed by atoms with Crippen LogP contribution in [0.3, 0.4) is 0 Å². The number of nitrogens with two attached hydrogens (primary N) is 1. The number of nitrogens with one attached hydrogen (secondary N) is 1. The highest BCUT2D eigenvalue weighted by atomic mass is 16.3. The Bertz CT molecular complexity index is 404. The molecule has 1 aromatic heterocycles. The van der Waals surface area contributed by atoms with Gasteiger partial charge in [-0.2, -0.15) is 0 Å². The van der Waals surface area contributed by atoms with E-state index in [-0.39, 0.29) is 11.8 Å². The zero-order chi connectivity index (χ0) is 13.9. The largest absolute Gasteiger partial charge is 0.391 e. The SMILES string of the molecule is Cc1c(N)nc(C(C)C)nc1NCC(O)C(C)C. The van der Waals surface area contributed by atoms with E-state index in [2.05, 4.69) is 15.3 Å². The van der Waals surface area contributed by atoms with Crippen LogP contribution in [-0.4, -0.2) is 27.7 Å². The van der Waals surface area contributed by atoms with Crippen LogP contribution in [0.25, 0.3) is 0 Å². The number of hydrogen-bond acceptors (Lipinski definition) is 5. The Kier molecular flexibility index (Phi) is 4.90. The van der Waals surface area contributed by atoms with Crippen LogP contribution in [0.5, 0.6) is 0 Å². The van der Waals surface area contributed by atoms with E-state index in [1.165, 1.54) is 0 Å². The van der Waals surface area contributed by atoms with Gasteiger partial charge in [-0.05, 0) is 12.8 Å². The highest BCUT2D eigenvalue weighted by Gasteiger charge is 2.13. The van der Waals surface area contributed by atoms with Crippen LogP contribution in [-0.2, 0) is 0 Å². The number of rotatable bonds is 5. The molecular formula is C13H24N4O. The maximum Gasteiger partial charge on any atom is 0.135 e. The molecule has 0 aliphatic heterocycles. The summed E-state index contributed by atoms with van der Waals surface area (Å²) in [6.45, 7) is 10.4. The lowest BCUT2D eigenvalue weighted by molar-refractivity contribution is 0.138. The van der Waals surface area contributed by atoms with Crippen LogP contribution in [0.1, 0.15) is 45.0 Å². The van der Waals surface area contributed by atoms with Crippen LogP contribution in [0.15, 0.2) is 0 Å². The van der Waals surface area contributed by atoms with Gasteiger partial charge in [-0.1, -0.05) is 27.7 Å². The van der Waals surface area contributed by atoms with Crippen molar-refractivity contribution in [3.8, 4) is 0 Å². The first-order chi connectivity index (χ1) is 8.32. The normalized spacial score (nSPS) is 13.1. The average Bonchev–Trinajstić information content (AvgIpc) is 2.29. The molecule has 0 aliphatic rings. The fourth-order valence-electron chi connectivity index (χ4n) is 1.42. The Morgan fingerprint density at radius 3 is 2.33 bits per heavy atom. The fourth-order valence-corrected chi connectivity index (χ4v) is 1.42. The molecular weight excluding hydrogens is 228 g/mol. The van der Waals surface area contributed by atoms with Crippen molar-refractivity contribution in [2.24, 2.45) is 5.92 Å². The lowest BCUT2D eigenvalue weighted by Crippen LogP contribution is -2.25. The van der Waals surface area contributed by atoms with Crippen molar-refractivity contribution >= 4 is 11.6 Å². The Morgan fingerprint density at radius 2 is 1.83 bits per heavy atom. The molecule has 5 heteroatoms. The summed E-state index contributed by atoms with van der Waals surface area (Å²) < 4.78 is 0. The number of aliphatic hydroxyl groups is 1. The van der Waals surface area contributed by atoms with E-state index >= 15 is 0 Å². The van der Waals surface area contributed by atoms with Gasteiger partial charge in [0.15, 0.2) is 0 Å². The molecule has 18 heavy (non-hydrogen) atoms. The minimum absolute atomic E-state index is 0.210. The minimum Gasteiger partial charge on any atom is -0.391 e. The van der Waals surface area contributed by atoms with Crippen molar-refractivity contribution in [1.29, 1.82) is 0 Å². The zero-order valence-electron chi connectivity index (χ0n) is 11.9. The summed E-state index contributed by atoms with van der Waals surface area (Å²) in [5.74, 6) is 2.37. The quantitative estimate of drug-likeness (QED) is 0.745. The van der Waals surface area contributed by atoms with Gasteiger partial charge in [0.2, 0.25) is 0 Å². The molecule has 1 heterocycles. The number of anilines is 2. The van der Waals surface area contributed by atoms with Gasteiger partial charge in [0.05, 0.1) is 6.10 Å². The predicted molar refractivity (Wildman–Crippen MR) is 74.6 cm³/mol. The van der Waals surface area contributed by atoms with E-state index in [9.17, 15) is 5.11 Å². The third kappa shape index (κ3) is 3.57. The highest BCUT2D eigenvalue weighted by Crippen LogP contribution is 2.21. The van der Waals surface area contributed by atoms with Crippen LogP contribution >= 0.6 is 0 Å². The molecule has 0 saturated carbocycles. The van der Waals surface area contributed by atoms with Crippen molar-refractivity contribution in [2.75, 3.05) is 17.6 Å². The van der Waals surface area contributed by atoms with E-state index in [1.807, 2.05) is 34.6 Å². The number of nitrogen functional groups attached to an aromatic ring is 1. The maximum atomic E-state index is 9.79. The summed E-state index contributed by atoms with van der Waals surface area (Å²) in [4.78, 5) is 8.71. The van der Waals surface area contributed by atoms with Crippen molar-refractivity contribution < 1.29 is 5.11 Å². The molecule has 0 bridgehead atoms. The van der Waals surface area contributed by atoms with Gasteiger partial charge in [-0.25, -0.2) is 9.97 Å². The van der Waals surface area contributed by atoms with E-state index in [1.54, 1.807) is 0 Å². The van der Waals surface area contributed by atoms with Crippen LogP contribution in [0, 0.1) is 12.8 Å². The Hall–Kier alpha value is -1.36. The molecule has 0 aromatic carbocycles. The topological polar surface area (TPSA) is 84.1 Å². The lowest BCUT2D eigenvalue weighted by Gasteiger charge is -2.18. The summed E-state index contributed by atoms with van der Waals surface area (Å²) >= 11 is 0. The molecule has 0 amide bonds. The second-order valence-corrected chi connectivity index (χ2v) is 5.29. The molecule has 0 spiro atoms. The number of hydrogen-bond donors (Lipinski definition) is 3. The van der Waals surface area contributed by atoms with Crippen LogP contribution in [0.4, 0.5) is 11.6 Å². The second-order valence-electron chi connectivity index (χ2n) is 5.29. The van der Waals surface area contributed by atoms with Gasteiger partial charge >= 0.3 is 0 Å². The Morgan fingerprint density at radius 1 is 1.22 bits per heavy atom. The summed E-state index contributed by atoms with van der Waals surface area (Å²) in [6, 6.07) is 0. The smallest absolute Gasteiger partial charge is 0.135 e. The fraction of sp³-hybridized carbons (Fsp3) is 0.692. The van der Waals surface area contributed by atoms with Gasteiger partial charge in [0.1, 0.15) is 17.5 Å². The Labute approximate surface area is 109 Å². The molecule has 1 atom stereocenters. The molecule has 1 rings (SSSR count). The molecule has 1 unspecified atom stereocenters. The Balaban J connectivity index is 2.87. The van der Waals surface area contributed by atoms with Gasteiger partial charge in [0, 0.05) is 18.0 Å².